The van der Waals surface area contributed by atoms with E-state index in [1.807, 2.05) is 6.21 Å². The molecule has 3 rings (SSSR count). The third-order valence-corrected chi connectivity index (χ3v) is 4.62. The van der Waals surface area contributed by atoms with Crippen LogP contribution in [0, 0.1) is 4.77 Å². The van der Waals surface area contributed by atoms with Gasteiger partial charge in [0.15, 0.2) is 5.82 Å². The van der Waals surface area contributed by atoms with E-state index in [0.717, 1.165) is 17.8 Å². The summed E-state index contributed by atoms with van der Waals surface area (Å²) in [4.78, 5) is 0. The molecule has 1 aliphatic rings. The largest absolute Gasteiger partial charge is 0.250 e. The van der Waals surface area contributed by atoms with Crippen molar-refractivity contribution in [1.82, 2.24) is 14.9 Å². The molecule has 2 aromatic rings. The smallest absolute Gasteiger partial charge is 0.216 e. The van der Waals surface area contributed by atoms with Gasteiger partial charge in [0, 0.05) is 5.92 Å². The molecule has 0 spiro atoms. The average molecular weight is 314 g/mol. The summed E-state index contributed by atoms with van der Waals surface area (Å²) in [6.07, 6.45) is 9.14. The lowest BCUT2D eigenvalue weighted by atomic mass is 9.89. The Kier molecular flexibility index (Phi) is 4.83. The van der Waals surface area contributed by atoms with Gasteiger partial charge in [0.05, 0.1) is 6.21 Å². The van der Waals surface area contributed by atoms with Crippen molar-refractivity contribution in [2.45, 2.75) is 51.4 Å². The number of H-pyrrole nitrogens is 1. The molecule has 0 aliphatic heterocycles. The lowest BCUT2D eigenvalue weighted by Crippen LogP contribution is -2.10. The van der Waals surface area contributed by atoms with Crippen molar-refractivity contribution in [2.24, 2.45) is 5.10 Å². The zero-order valence-electron chi connectivity index (χ0n) is 13.0. The second kappa shape index (κ2) is 7.01. The van der Waals surface area contributed by atoms with Crippen LogP contribution < -0.4 is 0 Å². The van der Waals surface area contributed by atoms with Gasteiger partial charge in [-0.3, -0.25) is 5.10 Å². The van der Waals surface area contributed by atoms with Crippen molar-refractivity contribution in [1.29, 1.82) is 0 Å². The molecule has 1 heterocycles. The normalized spacial score (nSPS) is 16.4. The van der Waals surface area contributed by atoms with Crippen LogP contribution in [0.1, 0.15) is 61.9 Å². The highest BCUT2D eigenvalue weighted by atomic mass is 32.1. The van der Waals surface area contributed by atoms with Gasteiger partial charge in [-0.15, -0.1) is 0 Å². The van der Waals surface area contributed by atoms with Crippen molar-refractivity contribution >= 4 is 18.4 Å². The van der Waals surface area contributed by atoms with Gasteiger partial charge in [-0.25, -0.2) is 0 Å². The lowest BCUT2D eigenvalue weighted by molar-refractivity contribution is 0.419. The van der Waals surface area contributed by atoms with Crippen LogP contribution in [0.2, 0.25) is 0 Å². The first kappa shape index (κ1) is 15.2. The molecule has 1 N–H and O–H groups in total. The summed E-state index contributed by atoms with van der Waals surface area (Å²) in [6, 6.07) is 8.45. The van der Waals surface area contributed by atoms with Gasteiger partial charge in [-0.2, -0.15) is 14.9 Å². The van der Waals surface area contributed by atoms with Gasteiger partial charge in [0.1, 0.15) is 0 Å². The van der Waals surface area contributed by atoms with E-state index in [0.29, 0.717) is 10.7 Å². The molecule has 22 heavy (non-hydrogen) atoms. The van der Waals surface area contributed by atoms with E-state index in [1.165, 1.54) is 37.7 Å². The number of hydrogen-bond donors (Lipinski definition) is 1. The van der Waals surface area contributed by atoms with Crippen molar-refractivity contribution in [3.63, 3.8) is 0 Å². The molecule has 1 saturated carbocycles. The van der Waals surface area contributed by atoms with Crippen LogP contribution in [-0.2, 0) is 6.42 Å². The van der Waals surface area contributed by atoms with E-state index in [9.17, 15) is 0 Å². The van der Waals surface area contributed by atoms with Gasteiger partial charge in [-0.05, 0) is 42.6 Å². The average Bonchev–Trinajstić information content (AvgIpc) is 2.95. The predicted molar refractivity (Wildman–Crippen MR) is 92.0 cm³/mol. The van der Waals surface area contributed by atoms with Crippen LogP contribution in [0.5, 0.6) is 0 Å². The summed E-state index contributed by atoms with van der Waals surface area (Å²) < 4.78 is 2.36. The molecular formula is C17H22N4S. The highest BCUT2D eigenvalue weighted by Gasteiger charge is 2.21. The number of aryl methyl sites for hydroxylation is 1. The molecule has 1 aromatic carbocycles. The molecule has 0 bridgehead atoms. The minimum Gasteiger partial charge on any atom is -0.250 e. The predicted octanol–water partition coefficient (Wildman–Crippen LogP) is 4.43. The van der Waals surface area contributed by atoms with Crippen LogP contribution >= 0.6 is 12.2 Å². The molecular weight excluding hydrogens is 292 g/mol. The Hall–Kier alpha value is -1.75. The Morgan fingerprint density at radius 3 is 2.68 bits per heavy atom. The number of benzene rings is 1. The maximum absolute atomic E-state index is 5.33. The van der Waals surface area contributed by atoms with Crippen LogP contribution in [0.4, 0.5) is 0 Å². The second-order valence-corrected chi connectivity index (χ2v) is 6.26. The third-order valence-electron chi connectivity index (χ3n) is 4.36. The van der Waals surface area contributed by atoms with E-state index in [2.05, 4.69) is 46.5 Å². The summed E-state index contributed by atoms with van der Waals surface area (Å²) in [6.45, 7) is 2.16. The van der Waals surface area contributed by atoms with Gasteiger partial charge < -0.3 is 0 Å². The van der Waals surface area contributed by atoms with Crippen LogP contribution in [0.25, 0.3) is 0 Å². The first-order valence-corrected chi connectivity index (χ1v) is 8.49. The van der Waals surface area contributed by atoms with E-state index >= 15 is 0 Å². The molecule has 0 atom stereocenters. The Labute approximate surface area is 136 Å². The summed E-state index contributed by atoms with van der Waals surface area (Å²) in [5.74, 6) is 1.45. The molecule has 1 fully saturated rings. The molecule has 1 aromatic heterocycles. The maximum atomic E-state index is 5.33. The minimum atomic E-state index is 0.473. The number of aromatic nitrogens is 3. The molecule has 0 unspecified atom stereocenters. The lowest BCUT2D eigenvalue weighted by Gasteiger charge is -2.19. The Balaban J connectivity index is 1.83. The summed E-state index contributed by atoms with van der Waals surface area (Å²) >= 11 is 5.33. The molecule has 4 nitrogen and oxygen atoms in total. The molecule has 0 saturated heterocycles. The Morgan fingerprint density at radius 2 is 2.00 bits per heavy atom. The monoisotopic (exact) mass is 314 g/mol. The molecule has 5 heteroatoms. The van der Waals surface area contributed by atoms with Gasteiger partial charge in [0.25, 0.3) is 0 Å². The highest BCUT2D eigenvalue weighted by molar-refractivity contribution is 7.71. The molecule has 0 radical (unpaired) electrons. The number of nitrogens with one attached hydrogen (secondary N) is 1. The van der Waals surface area contributed by atoms with Crippen molar-refractivity contribution in [3.8, 4) is 0 Å². The van der Waals surface area contributed by atoms with Crippen molar-refractivity contribution < 1.29 is 0 Å². The number of nitrogens with zero attached hydrogens (tertiary/aromatic N) is 3. The van der Waals surface area contributed by atoms with E-state index in [-0.39, 0.29) is 0 Å². The Morgan fingerprint density at radius 1 is 1.27 bits per heavy atom. The summed E-state index contributed by atoms with van der Waals surface area (Å²) in [5, 5.41) is 11.9. The standard InChI is InChI=1S/C17H22N4S/c1-2-13-8-10-14(11-9-13)12-18-21-16(19-20-17(21)22)15-6-4-3-5-7-15/h8-12,15H,2-7H2,1H3,(H,20,22)/b18-12-. The minimum absolute atomic E-state index is 0.473. The fourth-order valence-corrected chi connectivity index (χ4v) is 3.19. The zero-order valence-corrected chi connectivity index (χ0v) is 13.8. The Bertz CT molecular complexity index is 690. The zero-order chi connectivity index (χ0) is 15.4. The topological polar surface area (TPSA) is 46.0 Å². The molecule has 116 valence electrons. The molecule has 0 amide bonds. The van der Waals surface area contributed by atoms with Crippen molar-refractivity contribution in [2.75, 3.05) is 0 Å². The second-order valence-electron chi connectivity index (χ2n) is 5.87. The van der Waals surface area contributed by atoms with Gasteiger partial charge >= 0.3 is 0 Å². The fourth-order valence-electron chi connectivity index (χ4n) is 3.00. The molecule has 1 aliphatic carbocycles. The van der Waals surface area contributed by atoms with Crippen molar-refractivity contribution in [3.05, 3.63) is 46.0 Å². The van der Waals surface area contributed by atoms with Gasteiger partial charge in [0.2, 0.25) is 4.77 Å². The van der Waals surface area contributed by atoms with Crippen LogP contribution in [0.3, 0.4) is 0 Å². The summed E-state index contributed by atoms with van der Waals surface area (Å²) in [5.41, 5.74) is 2.41. The number of aromatic amines is 1. The highest BCUT2D eigenvalue weighted by Crippen LogP contribution is 2.31. The summed E-state index contributed by atoms with van der Waals surface area (Å²) in [7, 11) is 0. The van der Waals surface area contributed by atoms with E-state index < -0.39 is 0 Å². The maximum Gasteiger partial charge on any atom is 0.216 e. The van der Waals surface area contributed by atoms with E-state index in [4.69, 9.17) is 12.2 Å². The SMILES string of the molecule is CCc1ccc(/C=N\n2c(C3CCCCC3)n[nH]c2=S)cc1. The van der Waals surface area contributed by atoms with Crippen LogP contribution in [0.15, 0.2) is 29.4 Å². The number of hydrogen-bond acceptors (Lipinski definition) is 3. The third kappa shape index (κ3) is 3.35. The van der Waals surface area contributed by atoms with Gasteiger partial charge in [-0.1, -0.05) is 50.5 Å². The van der Waals surface area contributed by atoms with Crippen LogP contribution in [-0.4, -0.2) is 21.1 Å². The fraction of sp³-hybridized carbons (Fsp3) is 0.471. The first-order chi connectivity index (χ1) is 10.8. The van der Waals surface area contributed by atoms with E-state index in [1.54, 1.807) is 4.68 Å². The number of rotatable bonds is 4. The first-order valence-electron chi connectivity index (χ1n) is 8.08. The quantitative estimate of drug-likeness (QED) is 0.670.